The Labute approximate surface area is 198 Å². The van der Waals surface area contributed by atoms with Crippen LogP contribution in [0.3, 0.4) is 0 Å². The second-order valence-electron chi connectivity index (χ2n) is 8.29. The summed E-state index contributed by atoms with van der Waals surface area (Å²) in [5.74, 6) is 0.184. The summed E-state index contributed by atoms with van der Waals surface area (Å²) in [6.45, 7) is 1.51. The van der Waals surface area contributed by atoms with Crippen LogP contribution in [0.2, 0.25) is 0 Å². The molecule has 174 valence electrons. The number of nitrogens with zero attached hydrogens (tertiary/aromatic N) is 4. The molecule has 0 aliphatic carbocycles. The molecule has 2 aromatic carbocycles. The molecule has 5 rings (SSSR count). The quantitative estimate of drug-likeness (QED) is 0.199. The van der Waals surface area contributed by atoms with Gasteiger partial charge in [-0.15, -0.1) is 0 Å². The number of carbonyl (C=O) groups is 1. The number of nitro benzene ring substituents is 1. The Morgan fingerprint density at radius 3 is 2.47 bits per heavy atom. The lowest BCUT2D eigenvalue weighted by Gasteiger charge is -2.20. The first kappa shape index (κ1) is 22.1. The largest absolute Gasteiger partial charge is 0.349 e. The molecule has 1 amide bonds. The number of benzene rings is 2. The van der Waals surface area contributed by atoms with Crippen LogP contribution in [-0.2, 0) is 4.79 Å². The van der Waals surface area contributed by atoms with Crippen LogP contribution in [-0.4, -0.2) is 49.1 Å². The van der Waals surface area contributed by atoms with Gasteiger partial charge >= 0.3 is 0 Å². The van der Waals surface area contributed by atoms with E-state index in [0.29, 0.717) is 21.9 Å². The van der Waals surface area contributed by atoms with Crippen molar-refractivity contribution in [2.75, 3.05) is 18.8 Å². The molecular formula is C24H23N5O4S. The van der Waals surface area contributed by atoms with Crippen molar-refractivity contribution < 1.29 is 9.72 Å². The Bertz CT molecular complexity index is 1440. The highest BCUT2D eigenvalue weighted by molar-refractivity contribution is 7.99. The van der Waals surface area contributed by atoms with Crippen LogP contribution in [0.15, 0.2) is 58.5 Å². The Kier molecular flexibility index (Phi) is 6.06. The first-order valence-corrected chi connectivity index (χ1v) is 12.2. The van der Waals surface area contributed by atoms with Gasteiger partial charge < -0.3 is 9.88 Å². The maximum Gasteiger partial charge on any atom is 0.283 e. The first-order chi connectivity index (χ1) is 16.5. The average Bonchev–Trinajstić information content (AvgIpc) is 3.01. The van der Waals surface area contributed by atoms with Gasteiger partial charge in [-0.3, -0.25) is 24.3 Å². The maximum absolute atomic E-state index is 13.6. The summed E-state index contributed by atoms with van der Waals surface area (Å²) in [5.41, 5.74) is 1.75. The number of hydrogen-bond acceptors (Lipinski definition) is 6. The van der Waals surface area contributed by atoms with Gasteiger partial charge in [0.25, 0.3) is 11.2 Å². The van der Waals surface area contributed by atoms with Crippen molar-refractivity contribution in [1.82, 2.24) is 19.4 Å². The zero-order valence-corrected chi connectivity index (χ0v) is 19.2. The number of hydrogen-bond donors (Lipinski definition) is 1. The smallest absolute Gasteiger partial charge is 0.283 e. The molecule has 0 saturated carbocycles. The number of H-pyrrole nitrogens is 1. The molecule has 1 saturated heterocycles. The normalized spacial score (nSPS) is 14.4. The Morgan fingerprint density at radius 1 is 1.06 bits per heavy atom. The molecule has 0 spiro atoms. The highest BCUT2D eigenvalue weighted by Crippen LogP contribution is 2.27. The Balaban J connectivity index is 1.58. The van der Waals surface area contributed by atoms with Crippen LogP contribution in [0.4, 0.5) is 5.69 Å². The van der Waals surface area contributed by atoms with Gasteiger partial charge in [-0.1, -0.05) is 42.8 Å². The molecule has 34 heavy (non-hydrogen) atoms. The third-order valence-electron chi connectivity index (χ3n) is 6.10. The molecule has 2 aromatic heterocycles. The van der Waals surface area contributed by atoms with Gasteiger partial charge in [0.2, 0.25) is 5.91 Å². The van der Waals surface area contributed by atoms with Gasteiger partial charge in [0, 0.05) is 36.1 Å². The van der Waals surface area contributed by atoms with Crippen LogP contribution < -0.4 is 5.56 Å². The fourth-order valence-corrected chi connectivity index (χ4v) is 5.24. The molecule has 3 heterocycles. The van der Waals surface area contributed by atoms with E-state index < -0.39 is 4.92 Å². The zero-order valence-electron chi connectivity index (χ0n) is 18.4. The number of thioether (sulfide) groups is 1. The lowest BCUT2D eigenvalue weighted by atomic mass is 10.2. The molecule has 10 heteroatoms. The van der Waals surface area contributed by atoms with E-state index in [1.165, 1.54) is 40.6 Å². The second kappa shape index (κ2) is 9.30. The van der Waals surface area contributed by atoms with E-state index in [4.69, 9.17) is 4.98 Å². The van der Waals surface area contributed by atoms with Crippen molar-refractivity contribution in [2.24, 2.45) is 0 Å². The van der Waals surface area contributed by atoms with Gasteiger partial charge in [-0.25, -0.2) is 4.98 Å². The highest BCUT2D eigenvalue weighted by atomic mass is 32.2. The molecule has 1 aliphatic heterocycles. The minimum atomic E-state index is -0.485. The topological polar surface area (TPSA) is 114 Å². The number of aromatic amines is 1. The number of nitro groups is 1. The molecular weight excluding hydrogens is 454 g/mol. The van der Waals surface area contributed by atoms with Crippen LogP contribution >= 0.6 is 11.8 Å². The predicted octanol–water partition coefficient (Wildman–Crippen LogP) is 4.27. The van der Waals surface area contributed by atoms with Crippen LogP contribution in [0.25, 0.3) is 27.6 Å². The molecule has 1 aliphatic rings. The Morgan fingerprint density at radius 2 is 1.76 bits per heavy atom. The standard InChI is InChI=1S/C24H23N5O4S/c30-20(27-13-5-1-2-6-14-27)15-34-24-26-21-18-7-3-4-8-19(18)25-22(21)23(31)28(24)16-9-11-17(12-10-16)29(32)33/h3-4,7-12,25H,1-2,5-6,13-15H2. The minimum absolute atomic E-state index is 0.0235. The summed E-state index contributed by atoms with van der Waals surface area (Å²) in [7, 11) is 0. The zero-order chi connectivity index (χ0) is 23.7. The van der Waals surface area contributed by atoms with Crippen molar-refractivity contribution in [1.29, 1.82) is 0 Å². The average molecular weight is 478 g/mol. The van der Waals surface area contributed by atoms with E-state index in [-0.39, 0.29) is 22.9 Å². The molecule has 0 radical (unpaired) electrons. The number of rotatable bonds is 5. The number of non-ortho nitro benzene ring substituents is 1. The summed E-state index contributed by atoms with van der Waals surface area (Å²) >= 11 is 1.21. The molecule has 1 N–H and O–H groups in total. The van der Waals surface area contributed by atoms with Gasteiger partial charge in [0.05, 0.1) is 16.4 Å². The number of aromatic nitrogens is 3. The molecule has 4 aromatic rings. The number of para-hydroxylation sites is 1. The third kappa shape index (κ3) is 4.16. The number of nitrogens with one attached hydrogen (secondary N) is 1. The fourth-order valence-electron chi connectivity index (χ4n) is 4.33. The van der Waals surface area contributed by atoms with Gasteiger partial charge in [-0.05, 0) is 31.0 Å². The summed E-state index contributed by atoms with van der Waals surface area (Å²) in [6, 6.07) is 13.3. The lowest BCUT2D eigenvalue weighted by Crippen LogP contribution is -2.33. The van der Waals surface area contributed by atoms with Crippen LogP contribution in [0, 0.1) is 10.1 Å². The molecule has 0 atom stereocenters. The van der Waals surface area contributed by atoms with Crippen LogP contribution in [0.5, 0.6) is 0 Å². The molecule has 0 bridgehead atoms. The van der Waals surface area contributed by atoms with E-state index in [0.717, 1.165) is 49.7 Å². The second-order valence-corrected chi connectivity index (χ2v) is 9.23. The summed E-state index contributed by atoms with van der Waals surface area (Å²) in [6.07, 6.45) is 4.28. The predicted molar refractivity (Wildman–Crippen MR) is 132 cm³/mol. The number of amides is 1. The fraction of sp³-hybridized carbons (Fsp3) is 0.292. The van der Waals surface area contributed by atoms with Gasteiger partial charge in [0.1, 0.15) is 11.0 Å². The summed E-state index contributed by atoms with van der Waals surface area (Å²) < 4.78 is 1.42. The number of fused-ring (bicyclic) bond motifs is 3. The van der Waals surface area contributed by atoms with Gasteiger partial charge in [0.15, 0.2) is 5.16 Å². The van der Waals surface area contributed by atoms with E-state index in [9.17, 15) is 19.7 Å². The van der Waals surface area contributed by atoms with Crippen molar-refractivity contribution in [3.05, 3.63) is 69.0 Å². The molecule has 1 fully saturated rings. The van der Waals surface area contributed by atoms with E-state index in [1.54, 1.807) is 0 Å². The SMILES string of the molecule is O=C(CSc1nc2c([nH]c3ccccc32)c(=O)n1-c1ccc([N+](=O)[O-])cc1)N1CCCCCC1. The van der Waals surface area contributed by atoms with Crippen molar-refractivity contribution in [2.45, 2.75) is 30.8 Å². The van der Waals surface area contributed by atoms with E-state index >= 15 is 0 Å². The Hall–Kier alpha value is -3.66. The summed E-state index contributed by atoms with van der Waals surface area (Å²) in [5, 5.41) is 12.3. The van der Waals surface area contributed by atoms with Crippen LogP contribution in [0.1, 0.15) is 25.7 Å². The van der Waals surface area contributed by atoms with Crippen molar-refractivity contribution in [3.63, 3.8) is 0 Å². The number of likely N-dealkylation sites (tertiary alicyclic amines) is 1. The third-order valence-corrected chi connectivity index (χ3v) is 7.02. The molecule has 0 unspecified atom stereocenters. The van der Waals surface area contributed by atoms with E-state index in [2.05, 4.69) is 4.98 Å². The first-order valence-electron chi connectivity index (χ1n) is 11.2. The lowest BCUT2D eigenvalue weighted by molar-refractivity contribution is -0.384. The van der Waals surface area contributed by atoms with Crippen molar-refractivity contribution >= 4 is 45.3 Å². The minimum Gasteiger partial charge on any atom is -0.349 e. The maximum atomic E-state index is 13.6. The monoisotopic (exact) mass is 477 g/mol. The van der Waals surface area contributed by atoms with Crippen molar-refractivity contribution in [3.8, 4) is 5.69 Å². The van der Waals surface area contributed by atoms with E-state index in [1.807, 2.05) is 29.2 Å². The highest BCUT2D eigenvalue weighted by Gasteiger charge is 2.21. The van der Waals surface area contributed by atoms with Gasteiger partial charge in [-0.2, -0.15) is 0 Å². The summed E-state index contributed by atoms with van der Waals surface area (Å²) in [4.78, 5) is 46.9. The molecule has 9 nitrogen and oxygen atoms in total. The number of carbonyl (C=O) groups excluding carboxylic acids is 1.